The molecule has 0 aromatic rings. The SMILES string of the molecule is CCCCCCC(CCC)COP(=O)(O)O. The van der Waals surface area contributed by atoms with Crippen LogP contribution in [-0.4, -0.2) is 16.4 Å². The minimum atomic E-state index is -4.29. The number of phosphoric ester groups is 1. The van der Waals surface area contributed by atoms with Crippen LogP contribution < -0.4 is 0 Å². The topological polar surface area (TPSA) is 66.8 Å². The van der Waals surface area contributed by atoms with Crippen molar-refractivity contribution in [2.75, 3.05) is 6.61 Å². The van der Waals surface area contributed by atoms with Crippen molar-refractivity contribution in [3.8, 4) is 0 Å². The average molecular weight is 252 g/mol. The van der Waals surface area contributed by atoms with Gasteiger partial charge in [0.1, 0.15) is 0 Å². The Kier molecular flexibility index (Phi) is 9.24. The van der Waals surface area contributed by atoms with Crippen LogP contribution in [0.1, 0.15) is 58.8 Å². The highest BCUT2D eigenvalue weighted by molar-refractivity contribution is 7.46. The molecule has 0 spiro atoms. The van der Waals surface area contributed by atoms with Crippen LogP contribution in [0.15, 0.2) is 0 Å². The molecule has 0 bridgehead atoms. The molecule has 0 aliphatic heterocycles. The number of unbranched alkanes of at least 4 members (excludes halogenated alkanes) is 3. The summed E-state index contributed by atoms with van der Waals surface area (Å²) in [5.74, 6) is 0.287. The van der Waals surface area contributed by atoms with Crippen LogP contribution >= 0.6 is 7.82 Å². The molecule has 0 saturated heterocycles. The van der Waals surface area contributed by atoms with Crippen molar-refractivity contribution in [1.82, 2.24) is 0 Å². The zero-order chi connectivity index (χ0) is 12.4. The van der Waals surface area contributed by atoms with E-state index in [1.165, 1.54) is 19.3 Å². The van der Waals surface area contributed by atoms with Gasteiger partial charge in [-0.2, -0.15) is 0 Å². The van der Waals surface area contributed by atoms with E-state index < -0.39 is 7.82 Å². The van der Waals surface area contributed by atoms with E-state index in [1.54, 1.807) is 0 Å². The van der Waals surface area contributed by atoms with Gasteiger partial charge in [0.05, 0.1) is 6.61 Å². The first-order valence-corrected chi connectivity index (χ1v) is 7.72. The molecule has 0 aliphatic rings. The lowest BCUT2D eigenvalue weighted by molar-refractivity contribution is 0.158. The fourth-order valence-electron chi connectivity index (χ4n) is 1.78. The first-order chi connectivity index (χ1) is 7.49. The maximum absolute atomic E-state index is 10.6. The second kappa shape index (κ2) is 9.17. The Bertz CT molecular complexity index is 202. The smallest absolute Gasteiger partial charge is 0.303 e. The predicted octanol–water partition coefficient (Wildman–Crippen LogP) is 3.48. The Balaban J connectivity index is 3.74. The molecule has 4 nitrogen and oxygen atoms in total. The Hall–Kier alpha value is 0.110. The standard InChI is InChI=1S/C11H25O4P/c1-3-5-6-7-9-11(8-4-2)10-15-16(12,13)14/h11H,3-10H2,1-2H3,(H2,12,13,14). The Morgan fingerprint density at radius 1 is 1.06 bits per heavy atom. The molecule has 98 valence electrons. The van der Waals surface area contributed by atoms with E-state index in [4.69, 9.17) is 9.79 Å². The van der Waals surface area contributed by atoms with Gasteiger partial charge in [0.2, 0.25) is 0 Å². The molecular formula is C11H25O4P. The molecule has 0 aromatic carbocycles. The third-order valence-electron chi connectivity index (χ3n) is 2.64. The van der Waals surface area contributed by atoms with Crippen molar-refractivity contribution >= 4 is 7.82 Å². The first-order valence-electron chi connectivity index (χ1n) is 6.19. The monoisotopic (exact) mass is 252 g/mol. The van der Waals surface area contributed by atoms with Gasteiger partial charge in [-0.15, -0.1) is 0 Å². The van der Waals surface area contributed by atoms with Gasteiger partial charge >= 0.3 is 7.82 Å². The summed E-state index contributed by atoms with van der Waals surface area (Å²) in [6, 6.07) is 0. The largest absolute Gasteiger partial charge is 0.469 e. The average Bonchev–Trinajstić information content (AvgIpc) is 2.19. The summed E-state index contributed by atoms with van der Waals surface area (Å²) in [6.45, 7) is 4.43. The van der Waals surface area contributed by atoms with Crippen molar-refractivity contribution in [2.45, 2.75) is 58.8 Å². The molecule has 0 radical (unpaired) electrons. The predicted molar refractivity (Wildman–Crippen MR) is 65.2 cm³/mol. The minimum Gasteiger partial charge on any atom is -0.303 e. The van der Waals surface area contributed by atoms with Crippen LogP contribution in [0.5, 0.6) is 0 Å². The molecule has 16 heavy (non-hydrogen) atoms. The van der Waals surface area contributed by atoms with Crippen LogP contribution in [0.2, 0.25) is 0 Å². The third kappa shape index (κ3) is 10.6. The molecule has 5 heteroatoms. The van der Waals surface area contributed by atoms with Crippen LogP contribution in [0.3, 0.4) is 0 Å². The van der Waals surface area contributed by atoms with Gasteiger partial charge in [0, 0.05) is 0 Å². The quantitative estimate of drug-likeness (QED) is 0.461. The summed E-state index contributed by atoms with van der Waals surface area (Å²) in [6.07, 6.45) is 7.79. The molecule has 2 N–H and O–H groups in total. The fourth-order valence-corrected chi connectivity index (χ4v) is 2.19. The summed E-state index contributed by atoms with van der Waals surface area (Å²) in [5, 5.41) is 0. The van der Waals surface area contributed by atoms with Gasteiger partial charge in [-0.25, -0.2) is 4.57 Å². The molecular weight excluding hydrogens is 227 g/mol. The summed E-state index contributed by atoms with van der Waals surface area (Å²) >= 11 is 0. The second-order valence-corrected chi connectivity index (χ2v) is 5.53. The number of hydrogen-bond acceptors (Lipinski definition) is 2. The van der Waals surface area contributed by atoms with Gasteiger partial charge in [-0.1, -0.05) is 46.0 Å². The van der Waals surface area contributed by atoms with Crippen molar-refractivity contribution in [1.29, 1.82) is 0 Å². The molecule has 1 unspecified atom stereocenters. The zero-order valence-corrected chi connectivity index (χ0v) is 11.3. The molecule has 0 heterocycles. The Morgan fingerprint density at radius 3 is 2.25 bits per heavy atom. The van der Waals surface area contributed by atoms with Gasteiger partial charge in [0.15, 0.2) is 0 Å². The van der Waals surface area contributed by atoms with E-state index in [1.807, 2.05) is 0 Å². The molecule has 1 atom stereocenters. The highest BCUT2D eigenvalue weighted by Gasteiger charge is 2.17. The highest BCUT2D eigenvalue weighted by atomic mass is 31.2. The van der Waals surface area contributed by atoms with Crippen molar-refractivity contribution in [3.05, 3.63) is 0 Å². The van der Waals surface area contributed by atoms with Crippen LogP contribution in [0.25, 0.3) is 0 Å². The van der Waals surface area contributed by atoms with Crippen molar-refractivity contribution < 1.29 is 18.9 Å². The lowest BCUT2D eigenvalue weighted by Crippen LogP contribution is -2.08. The van der Waals surface area contributed by atoms with Crippen molar-refractivity contribution in [2.24, 2.45) is 5.92 Å². The van der Waals surface area contributed by atoms with Gasteiger partial charge in [0.25, 0.3) is 0 Å². The van der Waals surface area contributed by atoms with Crippen LogP contribution in [0.4, 0.5) is 0 Å². The number of hydrogen-bond donors (Lipinski definition) is 2. The summed E-state index contributed by atoms with van der Waals surface area (Å²) in [5.41, 5.74) is 0. The van der Waals surface area contributed by atoms with Crippen LogP contribution in [0, 0.1) is 5.92 Å². The van der Waals surface area contributed by atoms with Crippen molar-refractivity contribution in [3.63, 3.8) is 0 Å². The van der Waals surface area contributed by atoms with Crippen LogP contribution in [-0.2, 0) is 9.09 Å². The Labute approximate surface area is 98.6 Å². The highest BCUT2D eigenvalue weighted by Crippen LogP contribution is 2.37. The van der Waals surface area contributed by atoms with E-state index in [2.05, 4.69) is 18.4 Å². The maximum atomic E-state index is 10.6. The van der Waals surface area contributed by atoms with E-state index in [-0.39, 0.29) is 12.5 Å². The molecule has 0 rings (SSSR count). The van der Waals surface area contributed by atoms with Gasteiger partial charge in [-0.3, -0.25) is 4.52 Å². The first kappa shape index (κ1) is 16.1. The number of phosphoric acid groups is 1. The van der Waals surface area contributed by atoms with Gasteiger partial charge < -0.3 is 9.79 Å². The lowest BCUT2D eigenvalue weighted by atomic mass is 9.97. The third-order valence-corrected chi connectivity index (χ3v) is 3.13. The lowest BCUT2D eigenvalue weighted by Gasteiger charge is -2.16. The Morgan fingerprint density at radius 2 is 1.75 bits per heavy atom. The summed E-state index contributed by atoms with van der Waals surface area (Å²) in [7, 11) is -4.29. The summed E-state index contributed by atoms with van der Waals surface area (Å²) < 4.78 is 15.2. The summed E-state index contributed by atoms with van der Waals surface area (Å²) in [4.78, 5) is 17.3. The second-order valence-electron chi connectivity index (χ2n) is 4.29. The normalized spacial score (nSPS) is 14.0. The van der Waals surface area contributed by atoms with Gasteiger partial charge in [-0.05, 0) is 18.8 Å². The molecule has 0 aromatic heterocycles. The fraction of sp³-hybridized carbons (Fsp3) is 1.00. The molecule has 0 fully saturated rings. The minimum absolute atomic E-state index is 0.185. The van der Waals surface area contributed by atoms with E-state index >= 15 is 0 Å². The van der Waals surface area contributed by atoms with E-state index in [0.717, 1.165) is 25.7 Å². The molecule has 0 amide bonds. The van der Waals surface area contributed by atoms with E-state index in [0.29, 0.717) is 0 Å². The number of rotatable bonds is 10. The zero-order valence-electron chi connectivity index (χ0n) is 10.4. The molecule has 0 saturated carbocycles. The molecule has 0 aliphatic carbocycles. The van der Waals surface area contributed by atoms with E-state index in [9.17, 15) is 4.57 Å². The maximum Gasteiger partial charge on any atom is 0.469 e.